The zero-order valence-electron chi connectivity index (χ0n) is 12.6. The number of methoxy groups -OCH3 is 1. The molecule has 3 nitrogen and oxygen atoms in total. The Bertz CT molecular complexity index is 447. The molecule has 1 saturated carbocycles. The SMILES string of the molecule is COC(=O)/C=C(C)\C=C\[C@@]12O[C@]1(C)CCCC2(C)C. The third-order valence-corrected chi connectivity index (χ3v) is 4.72. The Morgan fingerprint density at radius 2 is 1.95 bits per heavy atom. The first kappa shape index (κ1) is 14.3. The molecule has 1 aliphatic heterocycles. The Hall–Kier alpha value is -1.09. The van der Waals surface area contributed by atoms with E-state index >= 15 is 0 Å². The molecule has 2 fully saturated rings. The van der Waals surface area contributed by atoms with Gasteiger partial charge in [-0.1, -0.05) is 19.9 Å². The average molecular weight is 264 g/mol. The van der Waals surface area contributed by atoms with Gasteiger partial charge in [0.15, 0.2) is 0 Å². The monoisotopic (exact) mass is 264 g/mol. The van der Waals surface area contributed by atoms with Gasteiger partial charge < -0.3 is 9.47 Å². The minimum atomic E-state index is -0.318. The van der Waals surface area contributed by atoms with Crippen molar-refractivity contribution in [3.05, 3.63) is 23.8 Å². The van der Waals surface area contributed by atoms with Crippen LogP contribution in [0.15, 0.2) is 23.8 Å². The Balaban J connectivity index is 2.18. The molecule has 2 rings (SSSR count). The van der Waals surface area contributed by atoms with E-state index in [1.54, 1.807) is 0 Å². The van der Waals surface area contributed by atoms with Crippen LogP contribution in [0, 0.1) is 5.41 Å². The molecule has 0 amide bonds. The smallest absolute Gasteiger partial charge is 0.330 e. The van der Waals surface area contributed by atoms with Gasteiger partial charge in [-0.15, -0.1) is 0 Å². The third-order valence-electron chi connectivity index (χ3n) is 4.72. The lowest BCUT2D eigenvalue weighted by atomic mass is 9.64. The normalized spacial score (nSPS) is 37.0. The zero-order chi connectivity index (χ0) is 14.3. The van der Waals surface area contributed by atoms with Crippen LogP contribution in [-0.4, -0.2) is 24.3 Å². The van der Waals surface area contributed by atoms with Crippen LogP contribution in [0.25, 0.3) is 0 Å². The lowest BCUT2D eigenvalue weighted by Gasteiger charge is -2.36. The van der Waals surface area contributed by atoms with Crippen molar-refractivity contribution >= 4 is 5.97 Å². The molecule has 19 heavy (non-hydrogen) atoms. The quantitative estimate of drug-likeness (QED) is 0.339. The number of rotatable bonds is 3. The molecule has 0 aromatic heterocycles. The summed E-state index contributed by atoms with van der Waals surface area (Å²) in [5.74, 6) is -0.318. The number of esters is 1. The first-order valence-corrected chi connectivity index (χ1v) is 6.92. The zero-order valence-corrected chi connectivity index (χ0v) is 12.6. The molecule has 1 aliphatic carbocycles. The average Bonchev–Trinajstić information content (AvgIpc) is 2.94. The summed E-state index contributed by atoms with van der Waals surface area (Å²) in [6.07, 6.45) is 9.13. The molecule has 3 heteroatoms. The summed E-state index contributed by atoms with van der Waals surface area (Å²) in [5.41, 5.74) is 0.822. The number of fused-ring (bicyclic) bond motifs is 1. The van der Waals surface area contributed by atoms with Crippen molar-refractivity contribution in [2.24, 2.45) is 5.41 Å². The second-order valence-electron chi connectivity index (χ2n) is 6.55. The molecule has 0 unspecified atom stereocenters. The van der Waals surface area contributed by atoms with Gasteiger partial charge in [0.2, 0.25) is 0 Å². The summed E-state index contributed by atoms with van der Waals surface area (Å²) in [5, 5.41) is 0. The van der Waals surface area contributed by atoms with E-state index in [9.17, 15) is 4.79 Å². The Kier molecular flexibility index (Phi) is 3.38. The summed E-state index contributed by atoms with van der Waals surface area (Å²) < 4.78 is 10.7. The minimum absolute atomic E-state index is 0.0310. The topological polar surface area (TPSA) is 38.8 Å². The largest absolute Gasteiger partial charge is 0.466 e. The number of ether oxygens (including phenoxy) is 2. The van der Waals surface area contributed by atoms with Crippen LogP contribution < -0.4 is 0 Å². The van der Waals surface area contributed by atoms with E-state index in [0.717, 1.165) is 12.0 Å². The number of epoxide rings is 1. The predicted molar refractivity (Wildman–Crippen MR) is 74.8 cm³/mol. The van der Waals surface area contributed by atoms with E-state index in [4.69, 9.17) is 4.74 Å². The summed E-state index contributed by atoms with van der Waals surface area (Å²) in [4.78, 5) is 11.2. The predicted octanol–water partition coefficient (Wildman–Crippen LogP) is 3.40. The molecule has 106 valence electrons. The highest BCUT2D eigenvalue weighted by Crippen LogP contribution is 2.66. The molecule has 0 aromatic carbocycles. The summed E-state index contributed by atoms with van der Waals surface area (Å²) in [6, 6.07) is 0. The third kappa shape index (κ3) is 2.25. The summed E-state index contributed by atoms with van der Waals surface area (Å²) in [6.45, 7) is 8.62. The number of hydrogen-bond donors (Lipinski definition) is 0. The maximum absolute atomic E-state index is 11.2. The number of carbonyl (C=O) groups excluding carboxylic acids is 1. The van der Waals surface area contributed by atoms with Crippen molar-refractivity contribution < 1.29 is 14.3 Å². The molecule has 1 heterocycles. The summed E-state index contributed by atoms with van der Waals surface area (Å²) in [7, 11) is 1.39. The van der Waals surface area contributed by atoms with Crippen molar-refractivity contribution in [1.29, 1.82) is 0 Å². The van der Waals surface area contributed by atoms with Crippen LogP contribution in [0.3, 0.4) is 0 Å². The maximum atomic E-state index is 11.2. The van der Waals surface area contributed by atoms with Crippen LogP contribution in [0.1, 0.15) is 47.0 Å². The first-order chi connectivity index (χ1) is 8.76. The fraction of sp³-hybridized carbons (Fsp3) is 0.688. The molecular weight excluding hydrogens is 240 g/mol. The van der Waals surface area contributed by atoms with E-state index in [-0.39, 0.29) is 22.6 Å². The van der Waals surface area contributed by atoms with Gasteiger partial charge in [-0.05, 0) is 44.8 Å². The standard InChI is InChI=1S/C16H24O3/c1-12(11-13(17)18-5)7-10-16-14(2,3)8-6-9-15(16,4)19-16/h7,10-11H,6,8-9H2,1-5H3/b10-7+,12-11-/t15-,16+/m1/s1. The lowest BCUT2D eigenvalue weighted by Crippen LogP contribution is -2.41. The molecule has 0 N–H and O–H groups in total. The first-order valence-electron chi connectivity index (χ1n) is 6.92. The van der Waals surface area contributed by atoms with Gasteiger partial charge in [-0.25, -0.2) is 4.79 Å². The second kappa shape index (κ2) is 4.48. The molecular formula is C16H24O3. The van der Waals surface area contributed by atoms with E-state index < -0.39 is 0 Å². The van der Waals surface area contributed by atoms with E-state index in [1.807, 2.05) is 13.0 Å². The van der Waals surface area contributed by atoms with Crippen molar-refractivity contribution in [2.45, 2.75) is 58.2 Å². The fourth-order valence-corrected chi connectivity index (χ4v) is 3.45. The Morgan fingerprint density at radius 3 is 2.53 bits per heavy atom. The number of hydrogen-bond acceptors (Lipinski definition) is 3. The number of carbonyl (C=O) groups is 1. The van der Waals surface area contributed by atoms with E-state index in [2.05, 4.69) is 31.6 Å². The fourth-order valence-electron chi connectivity index (χ4n) is 3.45. The molecule has 1 saturated heterocycles. The van der Waals surface area contributed by atoms with Crippen LogP contribution in [0.4, 0.5) is 0 Å². The van der Waals surface area contributed by atoms with Crippen LogP contribution in [0.2, 0.25) is 0 Å². The van der Waals surface area contributed by atoms with Crippen molar-refractivity contribution in [3.8, 4) is 0 Å². The van der Waals surface area contributed by atoms with E-state index in [1.165, 1.54) is 26.0 Å². The minimum Gasteiger partial charge on any atom is -0.466 e. The molecule has 0 aromatic rings. The van der Waals surface area contributed by atoms with Crippen molar-refractivity contribution in [2.75, 3.05) is 7.11 Å². The van der Waals surface area contributed by atoms with Gasteiger partial charge in [0.25, 0.3) is 0 Å². The van der Waals surface area contributed by atoms with E-state index in [0.29, 0.717) is 0 Å². The van der Waals surface area contributed by atoms with Gasteiger partial charge in [-0.2, -0.15) is 0 Å². The van der Waals surface area contributed by atoms with Crippen LogP contribution >= 0.6 is 0 Å². The number of allylic oxidation sites excluding steroid dienone is 2. The van der Waals surface area contributed by atoms with Crippen LogP contribution in [-0.2, 0) is 14.3 Å². The molecule has 2 atom stereocenters. The van der Waals surface area contributed by atoms with Gasteiger partial charge in [-0.3, -0.25) is 0 Å². The maximum Gasteiger partial charge on any atom is 0.330 e. The highest BCUT2D eigenvalue weighted by atomic mass is 16.6. The van der Waals surface area contributed by atoms with Gasteiger partial charge in [0.05, 0.1) is 12.7 Å². The lowest BCUT2D eigenvalue weighted by molar-refractivity contribution is -0.134. The Morgan fingerprint density at radius 1 is 1.26 bits per heavy atom. The van der Waals surface area contributed by atoms with Crippen LogP contribution in [0.5, 0.6) is 0 Å². The van der Waals surface area contributed by atoms with Gasteiger partial charge in [0, 0.05) is 11.5 Å². The van der Waals surface area contributed by atoms with Gasteiger partial charge in [0.1, 0.15) is 5.60 Å². The Labute approximate surface area is 115 Å². The summed E-state index contributed by atoms with van der Waals surface area (Å²) >= 11 is 0. The second-order valence-corrected chi connectivity index (χ2v) is 6.55. The highest BCUT2D eigenvalue weighted by molar-refractivity contribution is 5.83. The molecule has 0 spiro atoms. The molecule has 0 radical (unpaired) electrons. The molecule has 0 bridgehead atoms. The van der Waals surface area contributed by atoms with Crippen molar-refractivity contribution in [1.82, 2.24) is 0 Å². The van der Waals surface area contributed by atoms with Crippen molar-refractivity contribution in [3.63, 3.8) is 0 Å². The highest BCUT2D eigenvalue weighted by Gasteiger charge is 2.73. The van der Waals surface area contributed by atoms with Gasteiger partial charge >= 0.3 is 5.97 Å². The molecule has 2 aliphatic rings.